The maximum Gasteiger partial charge on any atom is 0.0759 e. The van der Waals surface area contributed by atoms with E-state index in [4.69, 9.17) is 4.74 Å². The number of hydrogen-bond donors (Lipinski definition) is 0. The third kappa shape index (κ3) is 2.70. The molecule has 0 radical (unpaired) electrons. The Morgan fingerprint density at radius 3 is 2.69 bits per heavy atom. The van der Waals surface area contributed by atoms with E-state index in [1.165, 1.54) is 32.1 Å². The second kappa shape index (κ2) is 4.61. The van der Waals surface area contributed by atoms with Crippen molar-refractivity contribution in [3.63, 3.8) is 0 Å². The van der Waals surface area contributed by atoms with Gasteiger partial charge in [-0.1, -0.05) is 24.3 Å². The van der Waals surface area contributed by atoms with Crippen LogP contribution in [-0.2, 0) is 4.74 Å². The molecule has 0 N–H and O–H groups in total. The molecule has 0 amide bonds. The molecule has 0 aromatic carbocycles. The molecule has 1 heteroatoms. The van der Waals surface area contributed by atoms with Crippen LogP contribution >= 0.6 is 0 Å². The third-order valence-corrected chi connectivity index (χ3v) is 2.80. The van der Waals surface area contributed by atoms with Crippen LogP contribution in [0.15, 0.2) is 24.3 Å². The van der Waals surface area contributed by atoms with E-state index in [0.29, 0.717) is 12.2 Å². The van der Waals surface area contributed by atoms with Gasteiger partial charge in [0.2, 0.25) is 0 Å². The molecule has 0 aromatic heterocycles. The highest BCUT2D eigenvalue weighted by Crippen LogP contribution is 2.21. The standard InChI is InChI=1S/C12H18O/c1-3-7-11(8-4-1)13-12-9-5-2-6-10-12/h1,3,5,9,11-12H,2,4,6-8,10H2. The topological polar surface area (TPSA) is 9.23 Å². The van der Waals surface area contributed by atoms with Gasteiger partial charge in [-0.05, 0) is 38.5 Å². The minimum atomic E-state index is 0.408. The Bertz CT molecular complexity index is 205. The normalized spacial score (nSPS) is 33.5. The van der Waals surface area contributed by atoms with Crippen molar-refractivity contribution in [1.82, 2.24) is 0 Å². The molecule has 0 spiro atoms. The molecule has 0 saturated heterocycles. The van der Waals surface area contributed by atoms with Crippen molar-refractivity contribution in [1.29, 1.82) is 0 Å². The van der Waals surface area contributed by atoms with Crippen molar-refractivity contribution in [3.05, 3.63) is 24.3 Å². The molecule has 0 heterocycles. The molecule has 0 aliphatic heterocycles. The fourth-order valence-electron chi connectivity index (χ4n) is 2.03. The first-order valence-electron chi connectivity index (χ1n) is 5.42. The Morgan fingerprint density at radius 2 is 2.00 bits per heavy atom. The van der Waals surface area contributed by atoms with Gasteiger partial charge in [-0.15, -0.1) is 0 Å². The Labute approximate surface area is 80.5 Å². The molecule has 2 rings (SSSR count). The number of rotatable bonds is 2. The Hall–Kier alpha value is -0.560. The Balaban J connectivity index is 1.79. The quantitative estimate of drug-likeness (QED) is 0.590. The molecule has 2 aliphatic rings. The van der Waals surface area contributed by atoms with Crippen LogP contribution in [0, 0.1) is 0 Å². The van der Waals surface area contributed by atoms with Crippen molar-refractivity contribution in [2.75, 3.05) is 0 Å². The minimum absolute atomic E-state index is 0.408. The lowest BCUT2D eigenvalue weighted by Gasteiger charge is -2.25. The van der Waals surface area contributed by atoms with Crippen molar-refractivity contribution in [2.24, 2.45) is 0 Å². The lowest BCUT2D eigenvalue weighted by Crippen LogP contribution is -2.22. The summed E-state index contributed by atoms with van der Waals surface area (Å²) < 4.78 is 5.99. The largest absolute Gasteiger partial charge is 0.371 e. The number of ether oxygens (including phenoxy) is 1. The highest BCUT2D eigenvalue weighted by molar-refractivity contribution is 4.96. The fraction of sp³-hybridized carbons (Fsp3) is 0.667. The molecule has 2 unspecified atom stereocenters. The average molecular weight is 178 g/mol. The zero-order valence-corrected chi connectivity index (χ0v) is 8.11. The minimum Gasteiger partial charge on any atom is -0.371 e. The van der Waals surface area contributed by atoms with E-state index in [-0.39, 0.29) is 0 Å². The van der Waals surface area contributed by atoms with Crippen molar-refractivity contribution < 1.29 is 4.74 Å². The molecule has 0 fully saturated rings. The molecule has 0 bridgehead atoms. The van der Waals surface area contributed by atoms with Gasteiger partial charge in [-0.2, -0.15) is 0 Å². The molecule has 0 saturated carbocycles. The highest BCUT2D eigenvalue weighted by Gasteiger charge is 2.16. The molecular formula is C12H18O. The number of hydrogen-bond acceptors (Lipinski definition) is 1. The predicted octanol–water partition coefficient (Wildman–Crippen LogP) is 3.22. The third-order valence-electron chi connectivity index (χ3n) is 2.80. The van der Waals surface area contributed by atoms with Crippen LogP contribution in [0.1, 0.15) is 38.5 Å². The van der Waals surface area contributed by atoms with Gasteiger partial charge >= 0.3 is 0 Å². The monoisotopic (exact) mass is 178 g/mol. The summed E-state index contributed by atoms with van der Waals surface area (Å²) in [7, 11) is 0. The summed E-state index contributed by atoms with van der Waals surface area (Å²) in [6.45, 7) is 0. The maximum absolute atomic E-state index is 5.99. The zero-order chi connectivity index (χ0) is 8.93. The average Bonchev–Trinajstić information content (AvgIpc) is 2.21. The summed E-state index contributed by atoms with van der Waals surface area (Å²) in [5, 5.41) is 0. The summed E-state index contributed by atoms with van der Waals surface area (Å²) in [6.07, 6.45) is 17.2. The lowest BCUT2D eigenvalue weighted by atomic mass is 10.0. The molecule has 13 heavy (non-hydrogen) atoms. The Morgan fingerprint density at radius 1 is 1.00 bits per heavy atom. The van der Waals surface area contributed by atoms with Crippen molar-refractivity contribution >= 4 is 0 Å². The van der Waals surface area contributed by atoms with Crippen LogP contribution in [0.3, 0.4) is 0 Å². The first-order valence-corrected chi connectivity index (χ1v) is 5.42. The van der Waals surface area contributed by atoms with Gasteiger partial charge in [-0.25, -0.2) is 0 Å². The second-order valence-corrected chi connectivity index (χ2v) is 3.94. The molecule has 2 aliphatic carbocycles. The summed E-state index contributed by atoms with van der Waals surface area (Å²) in [5.41, 5.74) is 0. The number of allylic oxidation sites excluding steroid dienone is 2. The van der Waals surface area contributed by atoms with Crippen LogP contribution in [0.25, 0.3) is 0 Å². The molecule has 0 aromatic rings. The van der Waals surface area contributed by atoms with Gasteiger partial charge in [0.25, 0.3) is 0 Å². The van der Waals surface area contributed by atoms with E-state index in [9.17, 15) is 0 Å². The summed E-state index contributed by atoms with van der Waals surface area (Å²) in [4.78, 5) is 0. The molecule has 2 atom stereocenters. The summed E-state index contributed by atoms with van der Waals surface area (Å²) in [5.74, 6) is 0. The van der Waals surface area contributed by atoms with E-state index in [0.717, 1.165) is 6.42 Å². The first kappa shape index (κ1) is 9.01. The summed E-state index contributed by atoms with van der Waals surface area (Å²) >= 11 is 0. The molecule has 1 nitrogen and oxygen atoms in total. The summed E-state index contributed by atoms with van der Waals surface area (Å²) in [6, 6.07) is 0. The highest BCUT2D eigenvalue weighted by atomic mass is 16.5. The van der Waals surface area contributed by atoms with E-state index in [1.54, 1.807) is 0 Å². The van der Waals surface area contributed by atoms with Gasteiger partial charge in [-0.3, -0.25) is 0 Å². The van der Waals surface area contributed by atoms with Crippen LogP contribution in [0.5, 0.6) is 0 Å². The fourth-order valence-corrected chi connectivity index (χ4v) is 2.03. The smallest absolute Gasteiger partial charge is 0.0759 e. The lowest BCUT2D eigenvalue weighted by molar-refractivity contribution is 0.00228. The Kier molecular flexibility index (Phi) is 3.20. The van der Waals surface area contributed by atoms with E-state index in [2.05, 4.69) is 24.3 Å². The van der Waals surface area contributed by atoms with Gasteiger partial charge in [0.15, 0.2) is 0 Å². The van der Waals surface area contributed by atoms with Crippen LogP contribution in [-0.4, -0.2) is 12.2 Å². The van der Waals surface area contributed by atoms with Crippen LogP contribution < -0.4 is 0 Å². The second-order valence-electron chi connectivity index (χ2n) is 3.94. The van der Waals surface area contributed by atoms with Gasteiger partial charge in [0, 0.05) is 0 Å². The van der Waals surface area contributed by atoms with Crippen molar-refractivity contribution in [2.45, 2.75) is 50.7 Å². The SMILES string of the molecule is C1=CC(OC2CC=CCC2)CCC1. The van der Waals surface area contributed by atoms with E-state index >= 15 is 0 Å². The van der Waals surface area contributed by atoms with E-state index < -0.39 is 0 Å². The van der Waals surface area contributed by atoms with E-state index in [1.807, 2.05) is 0 Å². The van der Waals surface area contributed by atoms with Crippen LogP contribution in [0.2, 0.25) is 0 Å². The molecular weight excluding hydrogens is 160 g/mol. The predicted molar refractivity (Wildman–Crippen MR) is 54.6 cm³/mol. The van der Waals surface area contributed by atoms with Crippen LogP contribution in [0.4, 0.5) is 0 Å². The molecule has 72 valence electrons. The zero-order valence-electron chi connectivity index (χ0n) is 8.11. The van der Waals surface area contributed by atoms with Crippen molar-refractivity contribution in [3.8, 4) is 0 Å². The maximum atomic E-state index is 5.99. The first-order chi connectivity index (χ1) is 6.45. The van der Waals surface area contributed by atoms with Gasteiger partial charge in [0.1, 0.15) is 0 Å². The van der Waals surface area contributed by atoms with Gasteiger partial charge < -0.3 is 4.74 Å². The van der Waals surface area contributed by atoms with Gasteiger partial charge in [0.05, 0.1) is 12.2 Å².